The Hall–Kier alpha value is -0.640. The molecule has 2 atom stereocenters. The van der Waals surface area contributed by atoms with Gasteiger partial charge < -0.3 is 5.73 Å². The number of hydrogen-bond acceptors (Lipinski definition) is 2. The first-order valence-corrected chi connectivity index (χ1v) is 7.37. The van der Waals surface area contributed by atoms with Crippen LogP contribution in [-0.4, -0.2) is 24.0 Å². The summed E-state index contributed by atoms with van der Waals surface area (Å²) in [4.78, 5) is 2.46. The lowest BCUT2D eigenvalue weighted by Gasteiger charge is -2.38. The maximum Gasteiger partial charge on any atom is 0.0453 e. The quantitative estimate of drug-likeness (QED) is 0.863. The fourth-order valence-electron chi connectivity index (χ4n) is 2.75. The van der Waals surface area contributed by atoms with Crippen molar-refractivity contribution < 1.29 is 0 Å². The van der Waals surface area contributed by atoms with Crippen LogP contribution in [-0.2, 0) is 0 Å². The molecule has 0 aliphatic carbocycles. The van der Waals surface area contributed by atoms with Crippen LogP contribution in [0.5, 0.6) is 0 Å². The van der Waals surface area contributed by atoms with E-state index in [-0.39, 0.29) is 6.04 Å². The molecular weight excluding hydrogens is 288 g/mol. The Morgan fingerprint density at radius 3 is 3.06 bits per heavy atom. The summed E-state index contributed by atoms with van der Waals surface area (Å²) in [5.41, 5.74) is 7.68. The van der Waals surface area contributed by atoms with Crippen molar-refractivity contribution in [2.75, 3.05) is 13.1 Å². The van der Waals surface area contributed by atoms with E-state index in [1.165, 1.54) is 24.8 Å². The van der Waals surface area contributed by atoms with Gasteiger partial charge in [-0.1, -0.05) is 40.6 Å². The molecule has 2 rings (SSSR count). The van der Waals surface area contributed by atoms with E-state index in [0.29, 0.717) is 6.04 Å². The van der Waals surface area contributed by atoms with Crippen molar-refractivity contribution >= 4 is 15.9 Å². The van der Waals surface area contributed by atoms with Gasteiger partial charge >= 0.3 is 0 Å². The second-order valence-electron chi connectivity index (χ2n) is 4.93. The molecular formula is C15H21BrN2. The lowest BCUT2D eigenvalue weighted by Crippen LogP contribution is -2.45. The van der Waals surface area contributed by atoms with Crippen LogP contribution in [0.25, 0.3) is 0 Å². The van der Waals surface area contributed by atoms with Crippen molar-refractivity contribution in [2.45, 2.75) is 31.3 Å². The Labute approximate surface area is 118 Å². The van der Waals surface area contributed by atoms with Gasteiger partial charge in [0, 0.05) is 23.1 Å². The van der Waals surface area contributed by atoms with Gasteiger partial charge in [-0.15, -0.1) is 6.58 Å². The van der Waals surface area contributed by atoms with E-state index in [4.69, 9.17) is 5.73 Å². The number of nitrogens with zero attached hydrogens (tertiary/aromatic N) is 1. The highest BCUT2D eigenvalue weighted by molar-refractivity contribution is 9.10. The van der Waals surface area contributed by atoms with Gasteiger partial charge in [0.2, 0.25) is 0 Å². The van der Waals surface area contributed by atoms with Gasteiger partial charge in [-0.05, 0) is 37.1 Å². The van der Waals surface area contributed by atoms with Crippen LogP contribution in [0.1, 0.15) is 30.9 Å². The second-order valence-corrected chi connectivity index (χ2v) is 5.84. The average Bonchev–Trinajstić information content (AvgIpc) is 2.39. The van der Waals surface area contributed by atoms with E-state index in [0.717, 1.165) is 17.6 Å². The molecule has 98 valence electrons. The molecule has 1 aromatic carbocycles. The predicted octanol–water partition coefficient (Wildman–Crippen LogP) is 3.49. The van der Waals surface area contributed by atoms with Gasteiger partial charge in [-0.25, -0.2) is 0 Å². The summed E-state index contributed by atoms with van der Waals surface area (Å²) in [6, 6.07) is 8.87. The van der Waals surface area contributed by atoms with Crippen molar-refractivity contribution in [3.63, 3.8) is 0 Å². The Balaban J connectivity index is 2.14. The number of likely N-dealkylation sites (tertiary alicyclic amines) is 1. The molecule has 1 fully saturated rings. The first kappa shape index (κ1) is 13.8. The third-order valence-corrected chi connectivity index (χ3v) is 4.17. The third-order valence-electron chi connectivity index (χ3n) is 3.68. The minimum atomic E-state index is 0.0859. The second kappa shape index (κ2) is 6.50. The van der Waals surface area contributed by atoms with Gasteiger partial charge in [0.25, 0.3) is 0 Å². The van der Waals surface area contributed by atoms with Crippen LogP contribution in [0.3, 0.4) is 0 Å². The smallest absolute Gasteiger partial charge is 0.0453 e. The van der Waals surface area contributed by atoms with E-state index >= 15 is 0 Å². The number of benzene rings is 1. The standard InChI is InChI=1S/C15H21BrN2/c1-2-9-18-10-4-3-8-14(18)15(17)12-6-5-7-13(16)11-12/h2,5-7,11,14-15H,1,3-4,8-10,17H2/t14-,15-/m0/s1. The van der Waals surface area contributed by atoms with Gasteiger partial charge in [-0.2, -0.15) is 0 Å². The van der Waals surface area contributed by atoms with Crippen LogP contribution in [0, 0.1) is 0 Å². The zero-order valence-corrected chi connectivity index (χ0v) is 12.3. The lowest BCUT2D eigenvalue weighted by atomic mass is 9.91. The summed E-state index contributed by atoms with van der Waals surface area (Å²) in [5.74, 6) is 0. The van der Waals surface area contributed by atoms with Crippen LogP contribution in [0.15, 0.2) is 41.4 Å². The van der Waals surface area contributed by atoms with Crippen molar-refractivity contribution in [1.82, 2.24) is 4.90 Å². The van der Waals surface area contributed by atoms with E-state index in [9.17, 15) is 0 Å². The third kappa shape index (κ3) is 3.22. The van der Waals surface area contributed by atoms with Gasteiger partial charge in [0.05, 0.1) is 0 Å². The highest BCUT2D eigenvalue weighted by Crippen LogP contribution is 2.28. The Bertz CT molecular complexity index is 405. The molecule has 1 saturated heterocycles. The molecule has 1 heterocycles. The van der Waals surface area contributed by atoms with E-state index in [1.54, 1.807) is 0 Å². The van der Waals surface area contributed by atoms with Gasteiger partial charge in [-0.3, -0.25) is 4.90 Å². The SMILES string of the molecule is C=CCN1CCCC[C@H]1[C@@H](N)c1cccc(Br)c1. The Morgan fingerprint density at radius 2 is 2.33 bits per heavy atom. The highest BCUT2D eigenvalue weighted by Gasteiger charge is 2.27. The van der Waals surface area contributed by atoms with Crippen LogP contribution < -0.4 is 5.73 Å². The van der Waals surface area contributed by atoms with E-state index in [2.05, 4.69) is 45.6 Å². The molecule has 18 heavy (non-hydrogen) atoms. The average molecular weight is 309 g/mol. The number of rotatable bonds is 4. The number of halogens is 1. The monoisotopic (exact) mass is 308 g/mol. The fraction of sp³-hybridized carbons (Fsp3) is 0.467. The zero-order chi connectivity index (χ0) is 13.0. The number of nitrogens with two attached hydrogens (primary N) is 1. The molecule has 0 amide bonds. The van der Waals surface area contributed by atoms with Gasteiger partial charge in [0.15, 0.2) is 0 Å². The number of hydrogen-bond donors (Lipinski definition) is 1. The van der Waals surface area contributed by atoms with Crippen molar-refractivity contribution in [2.24, 2.45) is 5.73 Å². The van der Waals surface area contributed by atoms with Crippen molar-refractivity contribution in [3.05, 3.63) is 47.0 Å². The molecule has 2 nitrogen and oxygen atoms in total. The molecule has 0 unspecified atom stereocenters. The maximum atomic E-state index is 6.46. The maximum absolute atomic E-state index is 6.46. The molecule has 0 radical (unpaired) electrons. The molecule has 0 spiro atoms. The molecule has 1 aliphatic rings. The largest absolute Gasteiger partial charge is 0.323 e. The summed E-state index contributed by atoms with van der Waals surface area (Å²) >= 11 is 3.51. The van der Waals surface area contributed by atoms with Crippen LogP contribution in [0.4, 0.5) is 0 Å². The predicted molar refractivity (Wildman–Crippen MR) is 80.5 cm³/mol. The molecule has 2 N–H and O–H groups in total. The summed E-state index contributed by atoms with van der Waals surface area (Å²) < 4.78 is 1.10. The molecule has 0 bridgehead atoms. The van der Waals surface area contributed by atoms with Gasteiger partial charge in [0.1, 0.15) is 0 Å². The lowest BCUT2D eigenvalue weighted by molar-refractivity contribution is 0.141. The minimum absolute atomic E-state index is 0.0859. The zero-order valence-electron chi connectivity index (χ0n) is 10.7. The topological polar surface area (TPSA) is 29.3 Å². The Morgan fingerprint density at radius 1 is 1.50 bits per heavy atom. The van der Waals surface area contributed by atoms with Crippen molar-refractivity contribution in [1.29, 1.82) is 0 Å². The highest BCUT2D eigenvalue weighted by atomic mass is 79.9. The summed E-state index contributed by atoms with van der Waals surface area (Å²) in [6.45, 7) is 5.92. The molecule has 1 aromatic rings. The molecule has 3 heteroatoms. The molecule has 0 aromatic heterocycles. The molecule has 1 aliphatic heterocycles. The Kier molecular flexibility index (Phi) is 4.98. The first-order chi connectivity index (χ1) is 8.72. The van der Waals surface area contributed by atoms with E-state index in [1.807, 2.05) is 12.1 Å². The van der Waals surface area contributed by atoms with Crippen LogP contribution in [0.2, 0.25) is 0 Å². The number of piperidine rings is 1. The first-order valence-electron chi connectivity index (χ1n) is 6.58. The fourth-order valence-corrected chi connectivity index (χ4v) is 3.17. The summed E-state index contributed by atoms with van der Waals surface area (Å²) in [5, 5.41) is 0. The normalized spacial score (nSPS) is 22.7. The summed E-state index contributed by atoms with van der Waals surface area (Å²) in [6.07, 6.45) is 5.71. The summed E-state index contributed by atoms with van der Waals surface area (Å²) in [7, 11) is 0. The van der Waals surface area contributed by atoms with E-state index < -0.39 is 0 Å². The minimum Gasteiger partial charge on any atom is -0.323 e. The van der Waals surface area contributed by atoms with Crippen LogP contribution >= 0.6 is 15.9 Å². The van der Waals surface area contributed by atoms with Crippen molar-refractivity contribution in [3.8, 4) is 0 Å². The molecule has 0 saturated carbocycles.